The molecule has 5 heteroatoms. The third-order valence-corrected chi connectivity index (χ3v) is 1.61. The van der Waals surface area contributed by atoms with Gasteiger partial charge in [0.2, 0.25) is 5.91 Å². The van der Waals surface area contributed by atoms with Crippen molar-refractivity contribution in [1.29, 1.82) is 0 Å². The van der Waals surface area contributed by atoms with E-state index in [1.54, 1.807) is 0 Å². The van der Waals surface area contributed by atoms with E-state index in [1.165, 1.54) is 6.92 Å². The third kappa shape index (κ3) is 5.19. The Morgan fingerprint density at radius 2 is 1.92 bits per heavy atom. The van der Waals surface area contributed by atoms with E-state index >= 15 is 0 Å². The zero-order valence-electron chi connectivity index (χ0n) is 8.13. The van der Waals surface area contributed by atoms with Crippen molar-refractivity contribution >= 4 is 11.9 Å². The van der Waals surface area contributed by atoms with Gasteiger partial charge in [0.1, 0.15) is 0 Å². The Bertz CT molecular complexity index is 192. The van der Waals surface area contributed by atoms with Crippen LogP contribution in [0.2, 0.25) is 0 Å². The van der Waals surface area contributed by atoms with E-state index in [1.807, 2.05) is 13.8 Å². The number of amides is 3. The van der Waals surface area contributed by atoms with Gasteiger partial charge in [-0.3, -0.25) is 10.1 Å². The van der Waals surface area contributed by atoms with E-state index in [0.717, 1.165) is 0 Å². The van der Waals surface area contributed by atoms with Gasteiger partial charge in [0.05, 0.1) is 12.6 Å². The molecule has 0 saturated carbocycles. The molecular weight excluding hydrogens is 172 g/mol. The summed E-state index contributed by atoms with van der Waals surface area (Å²) in [5.41, 5.74) is 0. The monoisotopic (exact) mass is 188 g/mol. The first-order valence-electron chi connectivity index (χ1n) is 4.16. The average molecular weight is 188 g/mol. The van der Waals surface area contributed by atoms with Crippen molar-refractivity contribution in [2.75, 3.05) is 6.61 Å². The van der Waals surface area contributed by atoms with Crippen LogP contribution in [-0.2, 0) is 4.79 Å². The van der Waals surface area contributed by atoms with Gasteiger partial charge in [-0.25, -0.2) is 4.79 Å². The summed E-state index contributed by atoms with van der Waals surface area (Å²) in [6, 6.07) is -0.889. The quantitative estimate of drug-likeness (QED) is 0.576. The molecule has 76 valence electrons. The fourth-order valence-corrected chi connectivity index (χ4v) is 0.787. The first-order valence-corrected chi connectivity index (χ1v) is 4.16. The molecule has 0 heterocycles. The van der Waals surface area contributed by atoms with Crippen LogP contribution in [0.15, 0.2) is 0 Å². The molecule has 0 fully saturated rings. The topological polar surface area (TPSA) is 78.4 Å². The molecule has 0 aromatic rings. The van der Waals surface area contributed by atoms with Crippen LogP contribution in [0, 0.1) is 5.92 Å². The Morgan fingerprint density at radius 1 is 1.38 bits per heavy atom. The van der Waals surface area contributed by atoms with Gasteiger partial charge >= 0.3 is 6.03 Å². The molecule has 13 heavy (non-hydrogen) atoms. The molecule has 0 aliphatic heterocycles. The van der Waals surface area contributed by atoms with Crippen molar-refractivity contribution in [2.24, 2.45) is 5.92 Å². The number of rotatable bonds is 3. The first-order chi connectivity index (χ1) is 5.97. The van der Waals surface area contributed by atoms with Crippen molar-refractivity contribution in [1.82, 2.24) is 10.6 Å². The number of aliphatic hydroxyl groups is 1. The summed E-state index contributed by atoms with van der Waals surface area (Å²) in [7, 11) is 0. The van der Waals surface area contributed by atoms with Crippen molar-refractivity contribution in [3.63, 3.8) is 0 Å². The van der Waals surface area contributed by atoms with Crippen molar-refractivity contribution < 1.29 is 14.7 Å². The van der Waals surface area contributed by atoms with Gasteiger partial charge in [0.25, 0.3) is 0 Å². The SMILES string of the molecule is CC(=O)NC(=O)NC(CO)C(C)C. The largest absolute Gasteiger partial charge is 0.394 e. The molecule has 3 amide bonds. The maximum atomic E-state index is 11.0. The fraction of sp³-hybridized carbons (Fsp3) is 0.750. The molecule has 0 radical (unpaired) electrons. The van der Waals surface area contributed by atoms with Crippen LogP contribution in [-0.4, -0.2) is 29.7 Å². The summed E-state index contributed by atoms with van der Waals surface area (Å²) in [6.45, 7) is 4.86. The molecule has 3 N–H and O–H groups in total. The lowest BCUT2D eigenvalue weighted by atomic mass is 10.1. The summed E-state index contributed by atoms with van der Waals surface area (Å²) < 4.78 is 0. The summed E-state index contributed by atoms with van der Waals surface area (Å²) >= 11 is 0. The summed E-state index contributed by atoms with van der Waals surface area (Å²) in [4.78, 5) is 21.4. The molecule has 0 spiro atoms. The van der Waals surface area contributed by atoms with Crippen LogP contribution in [0.1, 0.15) is 20.8 Å². The average Bonchev–Trinajstić information content (AvgIpc) is 1.98. The number of hydrogen-bond acceptors (Lipinski definition) is 3. The smallest absolute Gasteiger partial charge is 0.321 e. The number of aliphatic hydroxyl groups excluding tert-OH is 1. The van der Waals surface area contributed by atoms with E-state index < -0.39 is 11.9 Å². The molecule has 0 aromatic heterocycles. The maximum absolute atomic E-state index is 11.0. The predicted molar refractivity (Wildman–Crippen MR) is 48.1 cm³/mol. The lowest BCUT2D eigenvalue weighted by Crippen LogP contribution is -2.47. The Labute approximate surface area is 77.5 Å². The van der Waals surface area contributed by atoms with Gasteiger partial charge in [-0.05, 0) is 5.92 Å². The van der Waals surface area contributed by atoms with E-state index in [-0.39, 0.29) is 18.6 Å². The van der Waals surface area contributed by atoms with Crippen LogP contribution in [0.25, 0.3) is 0 Å². The summed E-state index contributed by atoms with van der Waals surface area (Å²) in [5.74, 6) is -0.291. The molecule has 0 aliphatic rings. The normalized spacial score (nSPS) is 12.4. The summed E-state index contributed by atoms with van der Waals surface area (Å²) in [6.07, 6.45) is 0. The lowest BCUT2D eigenvalue weighted by molar-refractivity contribution is -0.117. The third-order valence-electron chi connectivity index (χ3n) is 1.61. The number of hydrogen-bond donors (Lipinski definition) is 3. The van der Waals surface area contributed by atoms with Gasteiger partial charge in [-0.2, -0.15) is 0 Å². The van der Waals surface area contributed by atoms with E-state index in [9.17, 15) is 9.59 Å². The molecule has 0 aliphatic carbocycles. The van der Waals surface area contributed by atoms with Crippen LogP contribution in [0.4, 0.5) is 4.79 Å². The molecule has 0 saturated heterocycles. The minimum absolute atomic E-state index is 0.128. The number of carbonyl (C=O) groups is 2. The summed E-state index contributed by atoms with van der Waals surface area (Å²) in [5, 5.41) is 13.4. The zero-order valence-corrected chi connectivity index (χ0v) is 8.13. The van der Waals surface area contributed by atoms with Gasteiger partial charge in [0, 0.05) is 6.92 Å². The molecular formula is C8H16N2O3. The van der Waals surface area contributed by atoms with Crippen molar-refractivity contribution in [3.8, 4) is 0 Å². The molecule has 0 rings (SSSR count). The van der Waals surface area contributed by atoms with E-state index in [0.29, 0.717) is 0 Å². The molecule has 0 bridgehead atoms. The molecule has 5 nitrogen and oxygen atoms in total. The van der Waals surface area contributed by atoms with E-state index in [4.69, 9.17) is 5.11 Å². The highest BCUT2D eigenvalue weighted by Gasteiger charge is 2.14. The fourth-order valence-electron chi connectivity index (χ4n) is 0.787. The zero-order chi connectivity index (χ0) is 10.4. The first kappa shape index (κ1) is 11.9. The number of urea groups is 1. The van der Waals surface area contributed by atoms with Crippen LogP contribution in [0.3, 0.4) is 0 Å². The number of carbonyl (C=O) groups excluding carboxylic acids is 2. The van der Waals surface area contributed by atoms with Crippen molar-refractivity contribution in [3.05, 3.63) is 0 Å². The van der Waals surface area contributed by atoms with Gasteiger partial charge in [-0.15, -0.1) is 0 Å². The number of nitrogens with one attached hydrogen (secondary N) is 2. The Kier molecular flexibility index (Phi) is 5.06. The van der Waals surface area contributed by atoms with Crippen LogP contribution < -0.4 is 10.6 Å². The molecule has 0 aromatic carbocycles. The highest BCUT2D eigenvalue weighted by Crippen LogP contribution is 1.99. The Hall–Kier alpha value is -1.10. The Morgan fingerprint density at radius 3 is 2.23 bits per heavy atom. The standard InChI is InChI=1S/C8H16N2O3/c1-5(2)7(4-11)10-8(13)9-6(3)12/h5,7,11H,4H2,1-3H3,(H2,9,10,12,13). The predicted octanol–water partition coefficient (Wildman–Crippen LogP) is -0.151. The second-order valence-electron chi connectivity index (χ2n) is 3.19. The molecule has 1 atom stereocenters. The minimum atomic E-state index is -0.569. The van der Waals surface area contributed by atoms with Crippen LogP contribution in [0.5, 0.6) is 0 Å². The van der Waals surface area contributed by atoms with Crippen LogP contribution >= 0.6 is 0 Å². The second-order valence-corrected chi connectivity index (χ2v) is 3.19. The number of imide groups is 1. The van der Waals surface area contributed by atoms with Crippen molar-refractivity contribution in [2.45, 2.75) is 26.8 Å². The van der Waals surface area contributed by atoms with Gasteiger partial charge in [0.15, 0.2) is 0 Å². The molecule has 1 unspecified atom stereocenters. The van der Waals surface area contributed by atoms with Gasteiger partial charge in [-0.1, -0.05) is 13.8 Å². The van der Waals surface area contributed by atoms with E-state index in [2.05, 4.69) is 10.6 Å². The second kappa shape index (κ2) is 5.53. The Balaban J connectivity index is 3.94. The highest BCUT2D eigenvalue weighted by molar-refractivity contribution is 5.93. The minimum Gasteiger partial charge on any atom is -0.394 e. The lowest BCUT2D eigenvalue weighted by Gasteiger charge is -2.19. The van der Waals surface area contributed by atoms with Gasteiger partial charge < -0.3 is 10.4 Å². The maximum Gasteiger partial charge on any atom is 0.321 e. The highest BCUT2D eigenvalue weighted by atomic mass is 16.3.